The van der Waals surface area contributed by atoms with Gasteiger partial charge in [0.2, 0.25) is 0 Å². The lowest BCUT2D eigenvalue weighted by Crippen LogP contribution is -2.46. The lowest BCUT2D eigenvalue weighted by atomic mass is 9.91. The van der Waals surface area contributed by atoms with Crippen molar-refractivity contribution >= 4 is 17.7 Å². The highest BCUT2D eigenvalue weighted by molar-refractivity contribution is 7.78. The van der Waals surface area contributed by atoms with Gasteiger partial charge >= 0.3 is 0 Å². The van der Waals surface area contributed by atoms with Crippen molar-refractivity contribution in [1.82, 2.24) is 4.90 Å². The minimum atomic E-state index is -0.639. The topological polar surface area (TPSA) is 23.5 Å². The fourth-order valence-electron chi connectivity index (χ4n) is 1.57. The Bertz CT molecular complexity index is 143. The molecule has 1 rings (SSSR count). The number of aliphatic hydroxyl groups is 1. The molecule has 2 nitrogen and oxygen atoms in total. The van der Waals surface area contributed by atoms with E-state index in [1.807, 2.05) is 7.05 Å². The molecule has 0 heterocycles. The third kappa shape index (κ3) is 1.91. The maximum absolute atomic E-state index is 9.97. The predicted molar refractivity (Wildman–Crippen MR) is 49.5 cm³/mol. The van der Waals surface area contributed by atoms with Gasteiger partial charge in [-0.25, -0.2) is 0 Å². The predicted octanol–water partition coefficient (Wildman–Crippen LogP) is 1.53. The third-order valence-electron chi connectivity index (χ3n) is 2.47. The van der Waals surface area contributed by atoms with Crippen molar-refractivity contribution in [2.45, 2.75) is 37.8 Å². The smallest absolute Gasteiger partial charge is 0.137 e. The number of hydrogen-bond acceptors (Lipinski definition) is 2. The molecule has 0 atom stereocenters. The summed E-state index contributed by atoms with van der Waals surface area (Å²) in [6.07, 6.45) is 5.19. The van der Waals surface area contributed by atoms with E-state index in [1.165, 1.54) is 11.9 Å². The first-order chi connectivity index (χ1) is 5.19. The maximum atomic E-state index is 9.97. The van der Waals surface area contributed by atoms with Crippen molar-refractivity contribution in [3.05, 3.63) is 0 Å². The molecule has 1 N–H and O–H groups in total. The fourth-order valence-corrected chi connectivity index (χ4v) is 1.77. The van der Waals surface area contributed by atoms with E-state index in [-0.39, 0.29) is 0 Å². The van der Waals surface area contributed by atoms with Crippen molar-refractivity contribution in [2.75, 3.05) is 7.05 Å². The highest BCUT2D eigenvalue weighted by Crippen LogP contribution is 2.29. The molecule has 0 spiro atoms. The van der Waals surface area contributed by atoms with Gasteiger partial charge in [0.25, 0.3) is 0 Å². The largest absolute Gasteiger partial charge is 0.371 e. The summed E-state index contributed by atoms with van der Waals surface area (Å²) in [7, 11) is 1.85. The highest BCUT2D eigenvalue weighted by Gasteiger charge is 2.31. The second-order valence-corrected chi connectivity index (χ2v) is 3.47. The zero-order valence-corrected chi connectivity index (χ0v) is 7.73. The van der Waals surface area contributed by atoms with Crippen molar-refractivity contribution in [1.29, 1.82) is 0 Å². The molecule has 0 unspecified atom stereocenters. The second-order valence-electron chi connectivity index (χ2n) is 3.26. The average molecular weight is 173 g/mol. The molecule has 0 aromatic rings. The summed E-state index contributed by atoms with van der Waals surface area (Å²) in [6, 6.07) is 0. The Balaban J connectivity index is 2.55. The Morgan fingerprint density at radius 3 is 2.36 bits per heavy atom. The Hall–Kier alpha value is -0.150. The molecule has 0 aromatic heterocycles. The highest BCUT2D eigenvalue weighted by atomic mass is 32.1. The summed E-state index contributed by atoms with van der Waals surface area (Å²) < 4.78 is 0. The molecule has 0 radical (unpaired) electrons. The molecule has 0 aliphatic heterocycles. The van der Waals surface area contributed by atoms with Gasteiger partial charge in [-0.05, 0) is 25.7 Å². The van der Waals surface area contributed by atoms with Crippen LogP contribution in [0.1, 0.15) is 32.1 Å². The van der Waals surface area contributed by atoms with Crippen LogP contribution in [0.2, 0.25) is 0 Å². The molecule has 1 aliphatic rings. The number of rotatable bonds is 2. The van der Waals surface area contributed by atoms with E-state index in [9.17, 15) is 5.11 Å². The summed E-state index contributed by atoms with van der Waals surface area (Å²) in [5.74, 6) is 0. The van der Waals surface area contributed by atoms with Gasteiger partial charge in [0, 0.05) is 7.05 Å². The van der Waals surface area contributed by atoms with Crippen LogP contribution in [0.5, 0.6) is 0 Å². The van der Waals surface area contributed by atoms with Crippen LogP contribution in [0.15, 0.2) is 0 Å². The first-order valence-corrected chi connectivity index (χ1v) is 4.57. The second kappa shape index (κ2) is 3.50. The van der Waals surface area contributed by atoms with Crippen LogP contribution in [0.4, 0.5) is 0 Å². The van der Waals surface area contributed by atoms with Gasteiger partial charge in [-0.15, -0.1) is 0 Å². The average Bonchev–Trinajstić information content (AvgIpc) is 2.04. The molecular formula is C8H15NOS. The molecule has 3 heteroatoms. The quantitative estimate of drug-likeness (QED) is 0.506. The Labute approximate surface area is 73.2 Å². The normalized spacial score (nSPS) is 22.7. The zero-order chi connectivity index (χ0) is 8.32. The SMILES string of the molecule is CN(C=S)C1(O)CCCCC1. The summed E-state index contributed by atoms with van der Waals surface area (Å²) >= 11 is 4.77. The Morgan fingerprint density at radius 2 is 1.91 bits per heavy atom. The molecular weight excluding hydrogens is 158 g/mol. The van der Waals surface area contributed by atoms with Crippen molar-refractivity contribution in [3.8, 4) is 0 Å². The fraction of sp³-hybridized carbons (Fsp3) is 0.875. The monoisotopic (exact) mass is 173 g/mol. The molecule has 0 aromatic carbocycles. The van der Waals surface area contributed by atoms with Crippen LogP contribution in [0.3, 0.4) is 0 Å². The lowest BCUT2D eigenvalue weighted by Gasteiger charge is -2.38. The van der Waals surface area contributed by atoms with Gasteiger partial charge in [0.15, 0.2) is 0 Å². The van der Waals surface area contributed by atoms with E-state index in [4.69, 9.17) is 12.2 Å². The summed E-state index contributed by atoms with van der Waals surface area (Å²) in [6.45, 7) is 0. The minimum absolute atomic E-state index is 0.639. The minimum Gasteiger partial charge on any atom is -0.371 e. The zero-order valence-electron chi connectivity index (χ0n) is 6.92. The first-order valence-electron chi connectivity index (χ1n) is 4.10. The van der Waals surface area contributed by atoms with E-state index in [0.717, 1.165) is 25.7 Å². The van der Waals surface area contributed by atoms with Crippen LogP contribution in [0.25, 0.3) is 0 Å². The molecule has 0 bridgehead atoms. The van der Waals surface area contributed by atoms with Crippen molar-refractivity contribution < 1.29 is 5.11 Å². The van der Waals surface area contributed by atoms with Gasteiger partial charge in [0.1, 0.15) is 5.72 Å². The van der Waals surface area contributed by atoms with E-state index in [2.05, 4.69) is 0 Å². The summed E-state index contributed by atoms with van der Waals surface area (Å²) in [5.41, 5.74) is 0.894. The third-order valence-corrected chi connectivity index (χ3v) is 2.79. The van der Waals surface area contributed by atoms with Crippen LogP contribution >= 0.6 is 12.2 Å². The van der Waals surface area contributed by atoms with E-state index < -0.39 is 5.72 Å². The van der Waals surface area contributed by atoms with E-state index >= 15 is 0 Å². The van der Waals surface area contributed by atoms with Crippen molar-refractivity contribution in [3.63, 3.8) is 0 Å². The van der Waals surface area contributed by atoms with Gasteiger partial charge in [0.05, 0.1) is 5.49 Å². The van der Waals surface area contributed by atoms with Crippen LogP contribution in [0, 0.1) is 0 Å². The van der Waals surface area contributed by atoms with Gasteiger partial charge < -0.3 is 10.0 Å². The number of nitrogens with zero attached hydrogens (tertiary/aromatic N) is 1. The first kappa shape index (κ1) is 8.94. The van der Waals surface area contributed by atoms with Crippen LogP contribution in [-0.2, 0) is 0 Å². The van der Waals surface area contributed by atoms with E-state index in [0.29, 0.717) is 0 Å². The summed E-state index contributed by atoms with van der Waals surface area (Å²) in [5, 5.41) is 9.97. The number of thiocarbonyl (C=S) groups is 1. The van der Waals surface area contributed by atoms with Crippen molar-refractivity contribution in [2.24, 2.45) is 0 Å². The van der Waals surface area contributed by atoms with Gasteiger partial charge in [-0.3, -0.25) is 0 Å². The standard InChI is InChI=1S/C8H15NOS/c1-9(7-11)8(10)5-3-2-4-6-8/h7,10H,2-6H2,1H3. The van der Waals surface area contributed by atoms with Crippen LogP contribution < -0.4 is 0 Å². The molecule has 1 aliphatic carbocycles. The Morgan fingerprint density at radius 1 is 1.36 bits per heavy atom. The molecule has 1 saturated carbocycles. The molecule has 11 heavy (non-hydrogen) atoms. The molecule has 0 amide bonds. The van der Waals surface area contributed by atoms with E-state index in [1.54, 1.807) is 4.90 Å². The molecule has 1 fully saturated rings. The molecule has 0 saturated heterocycles. The van der Waals surface area contributed by atoms with Gasteiger partial charge in [-0.2, -0.15) is 0 Å². The Kier molecular flexibility index (Phi) is 2.84. The number of hydrogen-bond donors (Lipinski definition) is 1. The summed E-state index contributed by atoms with van der Waals surface area (Å²) in [4.78, 5) is 1.75. The van der Waals surface area contributed by atoms with Gasteiger partial charge in [-0.1, -0.05) is 18.6 Å². The lowest BCUT2D eigenvalue weighted by molar-refractivity contribution is -0.0821. The maximum Gasteiger partial charge on any atom is 0.137 e. The molecule has 64 valence electrons. The van der Waals surface area contributed by atoms with Crippen LogP contribution in [-0.4, -0.2) is 28.3 Å².